The van der Waals surface area contributed by atoms with Gasteiger partial charge in [0.2, 0.25) is 5.91 Å². The molecule has 20 heavy (non-hydrogen) atoms. The van der Waals surface area contributed by atoms with Crippen molar-refractivity contribution < 1.29 is 4.79 Å². The summed E-state index contributed by atoms with van der Waals surface area (Å²) in [6.45, 7) is 3.51. The topological polar surface area (TPSA) is 41.1 Å². The Morgan fingerprint density at radius 2 is 1.80 bits per heavy atom. The fourth-order valence-corrected chi connectivity index (χ4v) is 3.65. The summed E-state index contributed by atoms with van der Waals surface area (Å²) in [5, 5.41) is 10.6. The summed E-state index contributed by atoms with van der Waals surface area (Å²) in [6.07, 6.45) is 1.50. The SMILES string of the molecule is CCCNC(=O)CCNC(c1cccs1)c1cccs1. The number of carbonyl (C=O) groups is 1. The van der Waals surface area contributed by atoms with Gasteiger partial charge in [-0.05, 0) is 29.3 Å². The van der Waals surface area contributed by atoms with Crippen LogP contribution in [0, 0.1) is 0 Å². The minimum Gasteiger partial charge on any atom is -0.356 e. The van der Waals surface area contributed by atoms with E-state index < -0.39 is 0 Å². The van der Waals surface area contributed by atoms with E-state index in [4.69, 9.17) is 0 Å². The first-order valence-electron chi connectivity index (χ1n) is 6.88. The molecule has 5 heteroatoms. The van der Waals surface area contributed by atoms with Gasteiger partial charge in [0.25, 0.3) is 0 Å². The fraction of sp³-hybridized carbons (Fsp3) is 0.400. The highest BCUT2D eigenvalue weighted by molar-refractivity contribution is 7.11. The van der Waals surface area contributed by atoms with Gasteiger partial charge in [-0.15, -0.1) is 22.7 Å². The molecular weight excluding hydrogens is 288 g/mol. The molecule has 3 nitrogen and oxygen atoms in total. The van der Waals surface area contributed by atoms with Crippen molar-refractivity contribution in [3.05, 3.63) is 44.8 Å². The maximum atomic E-state index is 11.6. The molecule has 2 heterocycles. The van der Waals surface area contributed by atoms with Crippen molar-refractivity contribution in [1.29, 1.82) is 0 Å². The van der Waals surface area contributed by atoms with E-state index in [1.807, 2.05) is 0 Å². The third kappa shape index (κ3) is 4.44. The highest BCUT2D eigenvalue weighted by Gasteiger charge is 2.15. The molecule has 0 saturated carbocycles. The van der Waals surface area contributed by atoms with E-state index in [-0.39, 0.29) is 11.9 Å². The van der Waals surface area contributed by atoms with Crippen molar-refractivity contribution in [3.63, 3.8) is 0 Å². The van der Waals surface area contributed by atoms with Gasteiger partial charge < -0.3 is 10.6 Å². The molecule has 0 atom stereocenters. The third-order valence-electron chi connectivity index (χ3n) is 2.93. The smallest absolute Gasteiger partial charge is 0.221 e. The lowest BCUT2D eigenvalue weighted by Crippen LogP contribution is -2.29. The first-order chi connectivity index (χ1) is 9.81. The monoisotopic (exact) mass is 308 g/mol. The Hall–Kier alpha value is -1.17. The zero-order valence-electron chi connectivity index (χ0n) is 11.6. The lowest BCUT2D eigenvalue weighted by Gasteiger charge is -2.16. The number of hydrogen-bond acceptors (Lipinski definition) is 4. The van der Waals surface area contributed by atoms with Crippen LogP contribution in [0.15, 0.2) is 35.0 Å². The average Bonchev–Trinajstić information content (AvgIpc) is 3.14. The van der Waals surface area contributed by atoms with Crippen LogP contribution in [0.5, 0.6) is 0 Å². The second-order valence-electron chi connectivity index (χ2n) is 4.52. The summed E-state index contributed by atoms with van der Waals surface area (Å²) < 4.78 is 0. The maximum Gasteiger partial charge on any atom is 0.221 e. The van der Waals surface area contributed by atoms with Gasteiger partial charge in [0, 0.05) is 29.3 Å². The number of thiophene rings is 2. The van der Waals surface area contributed by atoms with Crippen molar-refractivity contribution in [2.24, 2.45) is 0 Å². The highest BCUT2D eigenvalue weighted by atomic mass is 32.1. The molecule has 2 aromatic heterocycles. The van der Waals surface area contributed by atoms with Crippen LogP contribution in [0.4, 0.5) is 0 Å². The van der Waals surface area contributed by atoms with Crippen LogP contribution in [0.1, 0.15) is 35.6 Å². The van der Waals surface area contributed by atoms with Gasteiger partial charge in [-0.1, -0.05) is 19.1 Å². The van der Waals surface area contributed by atoms with E-state index >= 15 is 0 Å². The molecule has 0 fully saturated rings. The Kier molecular flexibility index (Phi) is 6.24. The Bertz CT molecular complexity index is 460. The molecule has 2 N–H and O–H groups in total. The molecule has 0 saturated heterocycles. The van der Waals surface area contributed by atoms with Crippen LogP contribution in [0.25, 0.3) is 0 Å². The largest absolute Gasteiger partial charge is 0.356 e. The molecule has 0 unspecified atom stereocenters. The summed E-state index contributed by atoms with van der Waals surface area (Å²) >= 11 is 3.49. The van der Waals surface area contributed by atoms with Gasteiger partial charge >= 0.3 is 0 Å². The van der Waals surface area contributed by atoms with Crippen LogP contribution < -0.4 is 10.6 Å². The predicted molar refractivity (Wildman–Crippen MR) is 86.4 cm³/mol. The van der Waals surface area contributed by atoms with Gasteiger partial charge in [0.1, 0.15) is 0 Å². The lowest BCUT2D eigenvalue weighted by atomic mass is 10.2. The maximum absolute atomic E-state index is 11.6. The Balaban J connectivity index is 1.88. The number of nitrogens with one attached hydrogen (secondary N) is 2. The molecule has 0 aliphatic carbocycles. The first kappa shape index (κ1) is 15.2. The van der Waals surface area contributed by atoms with Gasteiger partial charge in [0.05, 0.1) is 6.04 Å². The lowest BCUT2D eigenvalue weighted by molar-refractivity contribution is -0.121. The van der Waals surface area contributed by atoms with E-state index in [2.05, 4.69) is 52.6 Å². The second kappa shape index (κ2) is 8.19. The summed E-state index contributed by atoms with van der Waals surface area (Å²) in [5.74, 6) is 0.121. The molecule has 0 bridgehead atoms. The molecule has 1 amide bonds. The van der Waals surface area contributed by atoms with Gasteiger partial charge in [-0.2, -0.15) is 0 Å². The minimum absolute atomic E-state index is 0.121. The molecule has 2 aromatic rings. The predicted octanol–water partition coefficient (Wildman–Crippen LogP) is 3.40. The number of amides is 1. The Morgan fingerprint density at radius 3 is 2.30 bits per heavy atom. The molecule has 0 aromatic carbocycles. The third-order valence-corrected chi connectivity index (χ3v) is 4.80. The Labute approximate surface area is 128 Å². The van der Waals surface area contributed by atoms with E-state index in [0.29, 0.717) is 13.0 Å². The van der Waals surface area contributed by atoms with Crippen LogP contribution in [-0.4, -0.2) is 19.0 Å². The molecule has 2 rings (SSSR count). The molecule has 0 spiro atoms. The van der Waals surface area contributed by atoms with Crippen molar-refractivity contribution in [3.8, 4) is 0 Å². The average molecular weight is 308 g/mol. The fourth-order valence-electron chi connectivity index (χ4n) is 1.94. The molecule has 0 aliphatic heterocycles. The van der Waals surface area contributed by atoms with Crippen molar-refractivity contribution in [2.45, 2.75) is 25.8 Å². The second-order valence-corrected chi connectivity index (χ2v) is 6.48. The number of hydrogen-bond donors (Lipinski definition) is 2. The van der Waals surface area contributed by atoms with Crippen molar-refractivity contribution in [2.75, 3.05) is 13.1 Å². The molecule has 0 radical (unpaired) electrons. The first-order valence-corrected chi connectivity index (χ1v) is 8.64. The quantitative estimate of drug-likeness (QED) is 0.784. The van der Waals surface area contributed by atoms with Crippen molar-refractivity contribution in [1.82, 2.24) is 10.6 Å². The van der Waals surface area contributed by atoms with E-state index in [1.54, 1.807) is 22.7 Å². The van der Waals surface area contributed by atoms with E-state index in [1.165, 1.54) is 9.75 Å². The summed E-state index contributed by atoms with van der Waals surface area (Å²) in [6, 6.07) is 8.61. The summed E-state index contributed by atoms with van der Waals surface area (Å²) in [4.78, 5) is 14.2. The standard InChI is InChI=1S/C15H20N2OS2/c1-2-8-16-14(18)7-9-17-15(12-5-3-10-19-12)13-6-4-11-20-13/h3-6,10-11,15,17H,2,7-9H2,1H3,(H,16,18). The summed E-state index contributed by atoms with van der Waals surface area (Å²) in [5.41, 5.74) is 0. The van der Waals surface area contributed by atoms with Crippen LogP contribution in [-0.2, 0) is 4.79 Å². The summed E-state index contributed by atoms with van der Waals surface area (Å²) in [7, 11) is 0. The van der Waals surface area contributed by atoms with Gasteiger partial charge in [0.15, 0.2) is 0 Å². The zero-order chi connectivity index (χ0) is 14.2. The van der Waals surface area contributed by atoms with Gasteiger partial charge in [-0.25, -0.2) is 0 Å². The van der Waals surface area contributed by atoms with E-state index in [0.717, 1.165) is 13.0 Å². The molecule has 108 valence electrons. The Morgan fingerprint density at radius 1 is 1.15 bits per heavy atom. The van der Waals surface area contributed by atoms with Gasteiger partial charge in [-0.3, -0.25) is 4.79 Å². The molecule has 0 aliphatic rings. The highest BCUT2D eigenvalue weighted by Crippen LogP contribution is 2.28. The normalized spacial score (nSPS) is 10.9. The number of rotatable bonds is 8. The molecular formula is C15H20N2OS2. The van der Waals surface area contributed by atoms with Crippen LogP contribution in [0.2, 0.25) is 0 Å². The van der Waals surface area contributed by atoms with Crippen LogP contribution in [0.3, 0.4) is 0 Å². The van der Waals surface area contributed by atoms with Crippen LogP contribution >= 0.6 is 22.7 Å². The minimum atomic E-state index is 0.121. The number of carbonyl (C=O) groups excluding carboxylic acids is 1. The van der Waals surface area contributed by atoms with Crippen molar-refractivity contribution >= 4 is 28.6 Å². The zero-order valence-corrected chi connectivity index (χ0v) is 13.2. The van der Waals surface area contributed by atoms with E-state index in [9.17, 15) is 4.79 Å².